The van der Waals surface area contributed by atoms with E-state index >= 15 is 0 Å². The highest BCUT2D eigenvalue weighted by atomic mass is 32.1. The van der Waals surface area contributed by atoms with Crippen LogP contribution in [0.5, 0.6) is 0 Å². The average molecular weight is 490 g/mol. The number of rotatable bonds is 5. The third-order valence-electron chi connectivity index (χ3n) is 5.28. The van der Waals surface area contributed by atoms with Crippen molar-refractivity contribution in [2.24, 2.45) is 5.73 Å². The number of hydrogen-bond donors (Lipinski definition) is 2. The highest BCUT2D eigenvalue weighted by molar-refractivity contribution is 7.07. The van der Waals surface area contributed by atoms with Gasteiger partial charge in [-0.2, -0.15) is 5.26 Å². The van der Waals surface area contributed by atoms with Crippen LogP contribution in [0.1, 0.15) is 24.5 Å². The summed E-state index contributed by atoms with van der Waals surface area (Å²) in [7, 11) is 1.19. The topological polar surface area (TPSA) is 140 Å². The number of carbonyl (C=O) groups is 2. The molecule has 1 unspecified atom stereocenters. The second-order valence-electron chi connectivity index (χ2n) is 7.29. The number of nitriles is 1. The number of ether oxygens (including phenoxy) is 1. The molecule has 35 heavy (non-hydrogen) atoms. The Hall–Kier alpha value is -4.49. The number of hydrogen-bond acceptors (Lipinski definition) is 8. The van der Waals surface area contributed by atoms with Crippen molar-refractivity contribution in [2.45, 2.75) is 19.9 Å². The smallest absolute Gasteiger partial charge is 0.332 e. The van der Waals surface area contributed by atoms with E-state index < -0.39 is 23.4 Å². The van der Waals surface area contributed by atoms with Crippen LogP contribution in [0.3, 0.4) is 0 Å². The summed E-state index contributed by atoms with van der Waals surface area (Å²) in [6.45, 7) is 0.237. The minimum atomic E-state index is -0.849. The summed E-state index contributed by atoms with van der Waals surface area (Å²) in [6.07, 6.45) is 4.16. The lowest BCUT2D eigenvalue weighted by Crippen LogP contribution is -2.42. The number of aromatic nitrogens is 2. The Bertz CT molecular complexity index is 1520. The van der Waals surface area contributed by atoms with Gasteiger partial charge in [-0.3, -0.25) is 19.1 Å². The van der Waals surface area contributed by atoms with Gasteiger partial charge in [-0.1, -0.05) is 43.8 Å². The van der Waals surface area contributed by atoms with Crippen LogP contribution in [-0.2, 0) is 20.9 Å². The van der Waals surface area contributed by atoms with Gasteiger partial charge in [0.2, 0.25) is 0 Å². The second-order valence-corrected chi connectivity index (χ2v) is 8.32. The molecule has 0 radical (unpaired) electrons. The molecule has 0 saturated heterocycles. The predicted octanol–water partition coefficient (Wildman–Crippen LogP) is 0.810. The van der Waals surface area contributed by atoms with E-state index in [9.17, 15) is 19.6 Å². The first-order valence-corrected chi connectivity index (χ1v) is 11.0. The van der Waals surface area contributed by atoms with Gasteiger partial charge in [0.25, 0.3) is 11.5 Å². The normalized spacial score (nSPS) is 15.0. The minimum absolute atomic E-state index is 0. The maximum atomic E-state index is 13.5. The fourth-order valence-corrected chi connectivity index (χ4v) is 4.82. The number of fused-ring (bicyclic) bond motifs is 1. The standard InChI is InChI=1S/C24H19N5O4S.CH4/c1-33-18(30)10-17-23(32)29-21(26)16(11-25)19(15-8-5-9-27-13-15)20(24(29)34-17)22(31)28-12-14-6-3-2-4-7-14;/h2-10,13,19H,12,26H2,1H3,(H,28,31);1H4/b17-10-;. The summed E-state index contributed by atoms with van der Waals surface area (Å²) in [4.78, 5) is 42.5. The van der Waals surface area contributed by atoms with E-state index in [1.165, 1.54) is 7.11 Å². The molecule has 1 amide bonds. The zero-order valence-corrected chi connectivity index (χ0v) is 18.8. The monoisotopic (exact) mass is 489 g/mol. The van der Waals surface area contributed by atoms with Crippen LogP contribution in [-0.4, -0.2) is 28.5 Å². The molecule has 0 spiro atoms. The fraction of sp³-hybridized carbons (Fsp3) is 0.160. The Labute approximate surface area is 205 Å². The molecule has 1 aromatic carbocycles. The van der Waals surface area contributed by atoms with Gasteiger partial charge in [0.1, 0.15) is 15.0 Å². The second kappa shape index (κ2) is 10.6. The molecule has 178 valence electrons. The SMILES string of the molecule is C.COC(=O)/C=c1\sc2n(c1=O)C(N)=C(C#N)C(c1cccnc1)C=2C(=O)NCc1ccccc1. The van der Waals surface area contributed by atoms with Crippen LogP contribution < -0.4 is 25.8 Å². The van der Waals surface area contributed by atoms with E-state index in [0.717, 1.165) is 27.5 Å². The molecule has 0 saturated carbocycles. The zero-order chi connectivity index (χ0) is 24.2. The van der Waals surface area contributed by atoms with E-state index in [1.54, 1.807) is 24.5 Å². The van der Waals surface area contributed by atoms with Gasteiger partial charge in [-0.05, 0) is 17.2 Å². The average Bonchev–Trinajstić information content (AvgIpc) is 3.19. The van der Waals surface area contributed by atoms with Gasteiger partial charge in [0, 0.05) is 25.0 Å². The highest BCUT2D eigenvalue weighted by Crippen LogP contribution is 2.35. The lowest BCUT2D eigenvalue weighted by atomic mass is 9.84. The van der Waals surface area contributed by atoms with Crippen LogP contribution in [0.4, 0.5) is 0 Å². The van der Waals surface area contributed by atoms with Crippen LogP contribution in [0.2, 0.25) is 0 Å². The summed E-state index contributed by atoms with van der Waals surface area (Å²) in [5.74, 6) is -2.15. The first-order valence-electron chi connectivity index (χ1n) is 10.1. The third kappa shape index (κ3) is 4.76. The number of pyridine rings is 1. The molecular formula is C25H23N5O4S. The van der Waals surface area contributed by atoms with Crippen molar-refractivity contribution in [3.05, 3.63) is 91.1 Å². The maximum absolute atomic E-state index is 13.5. The van der Waals surface area contributed by atoms with Crippen molar-refractivity contribution in [3.8, 4) is 6.07 Å². The van der Waals surface area contributed by atoms with E-state index in [2.05, 4.69) is 21.1 Å². The molecule has 0 fully saturated rings. The Balaban J connectivity index is 0.00000342. The van der Waals surface area contributed by atoms with Gasteiger partial charge in [-0.15, -0.1) is 11.3 Å². The van der Waals surface area contributed by atoms with Crippen molar-refractivity contribution in [1.82, 2.24) is 14.9 Å². The van der Waals surface area contributed by atoms with Gasteiger partial charge in [0.05, 0.1) is 30.2 Å². The number of methoxy groups -OCH3 is 1. The number of allylic oxidation sites excluding steroid dienone is 1. The summed E-state index contributed by atoms with van der Waals surface area (Å²) >= 11 is 0.931. The van der Waals surface area contributed by atoms with Gasteiger partial charge in [-0.25, -0.2) is 4.79 Å². The molecule has 10 heteroatoms. The molecule has 1 aliphatic heterocycles. The van der Waals surface area contributed by atoms with Crippen LogP contribution in [0.15, 0.2) is 65.2 Å². The number of esters is 1. The number of amides is 1. The molecule has 3 heterocycles. The number of nitrogens with zero attached hydrogens (tertiary/aromatic N) is 3. The van der Waals surface area contributed by atoms with Gasteiger partial charge < -0.3 is 15.8 Å². The first kappa shape index (κ1) is 25.1. The van der Waals surface area contributed by atoms with Crippen LogP contribution in [0.25, 0.3) is 17.5 Å². The molecule has 3 N–H and O–H groups in total. The van der Waals surface area contributed by atoms with E-state index in [4.69, 9.17) is 5.73 Å². The molecule has 9 nitrogen and oxygen atoms in total. The molecule has 1 aliphatic rings. The Morgan fingerprint density at radius 2 is 2.03 bits per heavy atom. The number of carbonyl (C=O) groups excluding carboxylic acids is 2. The van der Waals surface area contributed by atoms with E-state index in [-0.39, 0.29) is 40.1 Å². The van der Waals surface area contributed by atoms with Crippen LogP contribution >= 0.6 is 11.3 Å². The lowest BCUT2D eigenvalue weighted by Gasteiger charge is -2.25. The van der Waals surface area contributed by atoms with E-state index in [0.29, 0.717) is 5.56 Å². The summed E-state index contributed by atoms with van der Waals surface area (Å²) in [5.41, 5.74) is 7.30. The number of nitrogens with one attached hydrogen (secondary N) is 1. The van der Waals surface area contributed by atoms with Gasteiger partial charge in [0.15, 0.2) is 0 Å². The van der Waals surface area contributed by atoms with Gasteiger partial charge >= 0.3 is 5.97 Å². The zero-order valence-electron chi connectivity index (χ0n) is 18.0. The largest absolute Gasteiger partial charge is 0.466 e. The molecule has 4 rings (SSSR count). The molecule has 0 bridgehead atoms. The first-order chi connectivity index (χ1) is 16.5. The Morgan fingerprint density at radius 1 is 1.29 bits per heavy atom. The van der Waals surface area contributed by atoms with Crippen molar-refractivity contribution < 1.29 is 14.3 Å². The highest BCUT2D eigenvalue weighted by Gasteiger charge is 2.35. The molecular weight excluding hydrogens is 466 g/mol. The number of benzene rings is 1. The van der Waals surface area contributed by atoms with Crippen LogP contribution in [0, 0.1) is 11.3 Å². The van der Waals surface area contributed by atoms with E-state index in [1.807, 2.05) is 30.3 Å². The Kier molecular flexibility index (Phi) is 7.63. The summed E-state index contributed by atoms with van der Waals surface area (Å²) < 4.78 is 6.00. The van der Waals surface area contributed by atoms with Crippen molar-refractivity contribution >= 4 is 40.7 Å². The number of thiazole rings is 1. The Morgan fingerprint density at radius 3 is 2.66 bits per heavy atom. The van der Waals surface area contributed by atoms with Crippen molar-refractivity contribution in [3.63, 3.8) is 0 Å². The maximum Gasteiger partial charge on any atom is 0.332 e. The van der Waals surface area contributed by atoms with Crippen molar-refractivity contribution in [1.29, 1.82) is 5.26 Å². The molecule has 3 aromatic rings. The lowest BCUT2D eigenvalue weighted by molar-refractivity contribution is -0.133. The summed E-state index contributed by atoms with van der Waals surface area (Å²) in [6, 6.07) is 14.8. The predicted molar refractivity (Wildman–Crippen MR) is 133 cm³/mol. The molecule has 0 aliphatic carbocycles. The molecule has 2 aromatic heterocycles. The quantitative estimate of drug-likeness (QED) is 0.506. The fourth-order valence-electron chi connectivity index (χ4n) is 3.69. The van der Waals surface area contributed by atoms with Crippen molar-refractivity contribution in [2.75, 3.05) is 7.11 Å². The third-order valence-corrected chi connectivity index (χ3v) is 6.39. The minimum Gasteiger partial charge on any atom is -0.466 e. The number of nitrogens with two attached hydrogens (primary N) is 1. The molecule has 1 atom stereocenters. The summed E-state index contributed by atoms with van der Waals surface area (Å²) in [5, 5.41) is 12.8.